The summed E-state index contributed by atoms with van der Waals surface area (Å²) >= 11 is 1.32. The summed E-state index contributed by atoms with van der Waals surface area (Å²) in [5.74, 6) is 1.36. The summed E-state index contributed by atoms with van der Waals surface area (Å²) < 4.78 is 5.17. The third-order valence-corrected chi connectivity index (χ3v) is 5.37. The van der Waals surface area contributed by atoms with Gasteiger partial charge in [-0.1, -0.05) is 29.5 Å². The Morgan fingerprint density at radius 1 is 1.14 bits per heavy atom. The first-order valence-corrected chi connectivity index (χ1v) is 9.87. The molecule has 0 unspecified atom stereocenters. The minimum atomic E-state index is -0.334. The number of nitrogens with one attached hydrogen (secondary N) is 2. The molecule has 6 nitrogen and oxygen atoms in total. The second kappa shape index (κ2) is 8.48. The summed E-state index contributed by atoms with van der Waals surface area (Å²) in [6, 6.07) is 11.7. The third-order valence-electron chi connectivity index (χ3n) is 4.40. The number of anilines is 1. The number of nitrogens with zero attached hydrogens (tertiary/aromatic N) is 2. The molecule has 1 atom stereocenters. The fourth-order valence-corrected chi connectivity index (χ4v) is 3.72. The topological polar surface area (TPSA) is 79.9 Å². The van der Waals surface area contributed by atoms with Crippen molar-refractivity contribution in [3.8, 4) is 17.1 Å². The van der Waals surface area contributed by atoms with Gasteiger partial charge in [-0.3, -0.25) is 9.89 Å². The average molecular weight is 397 g/mol. The first-order valence-electron chi connectivity index (χ1n) is 8.99. The molecule has 2 N–H and O–H groups in total. The monoisotopic (exact) mass is 396 g/mol. The number of thioether (sulfide) groups is 1. The predicted octanol–water partition coefficient (Wildman–Crippen LogP) is 4.52. The van der Waals surface area contributed by atoms with Crippen molar-refractivity contribution < 1.29 is 9.53 Å². The highest BCUT2D eigenvalue weighted by Gasteiger charge is 2.19. The molecule has 28 heavy (non-hydrogen) atoms. The molecular formula is C21H24N4O2S. The van der Waals surface area contributed by atoms with Crippen LogP contribution in [-0.2, 0) is 4.79 Å². The highest BCUT2D eigenvalue weighted by Crippen LogP contribution is 2.26. The molecule has 0 aliphatic rings. The van der Waals surface area contributed by atoms with Gasteiger partial charge in [0.05, 0.1) is 12.4 Å². The molecule has 7 heteroatoms. The summed E-state index contributed by atoms with van der Waals surface area (Å²) in [4.78, 5) is 17.1. The number of amides is 1. The molecule has 0 fully saturated rings. The van der Waals surface area contributed by atoms with Crippen LogP contribution >= 0.6 is 11.8 Å². The van der Waals surface area contributed by atoms with Gasteiger partial charge in [-0.15, -0.1) is 5.10 Å². The lowest BCUT2D eigenvalue weighted by Gasteiger charge is -2.15. The van der Waals surface area contributed by atoms with Crippen LogP contribution in [0.1, 0.15) is 23.6 Å². The average Bonchev–Trinajstić information content (AvgIpc) is 3.13. The predicted molar refractivity (Wildman–Crippen MR) is 113 cm³/mol. The Balaban J connectivity index is 1.67. The second-order valence-electron chi connectivity index (χ2n) is 6.72. The highest BCUT2D eigenvalue weighted by atomic mass is 32.2. The van der Waals surface area contributed by atoms with Gasteiger partial charge in [-0.2, -0.15) is 0 Å². The van der Waals surface area contributed by atoms with E-state index in [-0.39, 0.29) is 11.2 Å². The Kier molecular flexibility index (Phi) is 6.04. The third kappa shape index (κ3) is 4.54. The van der Waals surface area contributed by atoms with Crippen LogP contribution in [0.2, 0.25) is 0 Å². The number of aryl methyl sites for hydroxylation is 3. The van der Waals surface area contributed by atoms with E-state index in [1.165, 1.54) is 17.3 Å². The maximum Gasteiger partial charge on any atom is 0.237 e. The van der Waals surface area contributed by atoms with E-state index in [0.29, 0.717) is 11.0 Å². The molecule has 3 rings (SSSR count). The van der Waals surface area contributed by atoms with Crippen molar-refractivity contribution in [3.05, 3.63) is 53.1 Å². The molecule has 0 bridgehead atoms. The Bertz CT molecular complexity index is 959. The number of aromatic amines is 1. The van der Waals surface area contributed by atoms with Gasteiger partial charge in [0.25, 0.3) is 0 Å². The van der Waals surface area contributed by atoms with Crippen LogP contribution in [0.4, 0.5) is 5.69 Å². The maximum absolute atomic E-state index is 12.6. The van der Waals surface area contributed by atoms with Gasteiger partial charge >= 0.3 is 0 Å². The lowest BCUT2D eigenvalue weighted by atomic mass is 10.1. The zero-order chi connectivity index (χ0) is 20.3. The summed E-state index contributed by atoms with van der Waals surface area (Å²) in [5.41, 5.74) is 5.08. The molecule has 0 aliphatic heterocycles. The number of aromatic nitrogens is 3. The summed E-state index contributed by atoms with van der Waals surface area (Å²) in [6.45, 7) is 7.91. The van der Waals surface area contributed by atoms with Crippen molar-refractivity contribution in [1.82, 2.24) is 15.2 Å². The van der Waals surface area contributed by atoms with Crippen LogP contribution in [-0.4, -0.2) is 33.4 Å². The van der Waals surface area contributed by atoms with Crippen LogP contribution in [0, 0.1) is 20.8 Å². The maximum atomic E-state index is 12.6. The number of benzene rings is 2. The zero-order valence-corrected chi connectivity index (χ0v) is 17.5. The van der Waals surface area contributed by atoms with E-state index < -0.39 is 0 Å². The molecule has 1 amide bonds. The van der Waals surface area contributed by atoms with Crippen molar-refractivity contribution >= 4 is 23.4 Å². The minimum Gasteiger partial charge on any atom is -0.497 e. The minimum absolute atomic E-state index is 0.0733. The van der Waals surface area contributed by atoms with E-state index in [0.717, 1.165) is 28.1 Å². The van der Waals surface area contributed by atoms with Crippen molar-refractivity contribution in [2.75, 3.05) is 12.4 Å². The highest BCUT2D eigenvalue weighted by molar-refractivity contribution is 8.00. The van der Waals surface area contributed by atoms with Gasteiger partial charge in [0.15, 0.2) is 5.82 Å². The van der Waals surface area contributed by atoms with Gasteiger partial charge in [-0.25, -0.2) is 4.98 Å². The SMILES string of the molecule is COc1ccc(-c2nc(S[C@H](C)C(=O)Nc3c(C)cc(C)cc3C)n[nH]2)cc1. The van der Waals surface area contributed by atoms with E-state index >= 15 is 0 Å². The fourth-order valence-electron chi connectivity index (χ4n) is 2.99. The van der Waals surface area contributed by atoms with Crippen molar-refractivity contribution in [1.29, 1.82) is 0 Å². The number of carbonyl (C=O) groups is 1. The molecule has 0 radical (unpaired) electrons. The molecule has 0 saturated heterocycles. The molecule has 1 aromatic heterocycles. The normalized spacial score (nSPS) is 11.9. The van der Waals surface area contributed by atoms with Crippen LogP contribution < -0.4 is 10.1 Å². The number of rotatable bonds is 6. The summed E-state index contributed by atoms with van der Waals surface area (Å²) in [7, 11) is 1.63. The van der Waals surface area contributed by atoms with E-state index in [2.05, 4.69) is 32.6 Å². The van der Waals surface area contributed by atoms with Crippen molar-refractivity contribution in [2.24, 2.45) is 0 Å². The Hall–Kier alpha value is -2.80. The fraction of sp³-hybridized carbons (Fsp3) is 0.286. The van der Waals surface area contributed by atoms with Gasteiger partial charge in [0.1, 0.15) is 5.75 Å². The molecule has 0 saturated carbocycles. The largest absolute Gasteiger partial charge is 0.497 e. The van der Waals surface area contributed by atoms with Crippen LogP contribution in [0.25, 0.3) is 11.4 Å². The standard InChI is InChI=1S/C21H24N4O2S/c1-12-10-13(2)18(14(3)11-12)22-20(26)15(4)28-21-23-19(24-25-21)16-6-8-17(27-5)9-7-16/h6-11,15H,1-5H3,(H,22,26)(H,23,24,25)/t15-/m1/s1. The van der Waals surface area contributed by atoms with Crippen molar-refractivity contribution in [3.63, 3.8) is 0 Å². The van der Waals surface area contributed by atoms with Crippen LogP contribution in [0.5, 0.6) is 5.75 Å². The molecule has 0 aliphatic carbocycles. The molecule has 146 valence electrons. The van der Waals surface area contributed by atoms with Crippen LogP contribution in [0.3, 0.4) is 0 Å². The Morgan fingerprint density at radius 2 is 1.79 bits per heavy atom. The molecule has 2 aromatic carbocycles. The van der Waals surface area contributed by atoms with Gasteiger partial charge in [0.2, 0.25) is 11.1 Å². The van der Waals surface area contributed by atoms with E-state index in [1.54, 1.807) is 7.11 Å². The number of H-pyrrole nitrogens is 1. The van der Waals surface area contributed by atoms with Crippen LogP contribution in [0.15, 0.2) is 41.6 Å². The van der Waals surface area contributed by atoms with Gasteiger partial charge in [0, 0.05) is 11.3 Å². The zero-order valence-electron chi connectivity index (χ0n) is 16.7. The smallest absolute Gasteiger partial charge is 0.237 e. The lowest BCUT2D eigenvalue weighted by molar-refractivity contribution is -0.115. The number of carbonyl (C=O) groups excluding carboxylic acids is 1. The number of methoxy groups -OCH3 is 1. The molecular weight excluding hydrogens is 372 g/mol. The van der Waals surface area contributed by atoms with E-state index in [1.807, 2.05) is 52.0 Å². The number of hydrogen-bond donors (Lipinski definition) is 2. The molecule has 0 spiro atoms. The van der Waals surface area contributed by atoms with E-state index in [4.69, 9.17) is 4.74 Å². The first kappa shape index (κ1) is 19.9. The van der Waals surface area contributed by atoms with Gasteiger partial charge in [-0.05, 0) is 63.1 Å². The molecule has 3 aromatic rings. The lowest BCUT2D eigenvalue weighted by Crippen LogP contribution is -2.23. The number of hydrogen-bond acceptors (Lipinski definition) is 5. The van der Waals surface area contributed by atoms with Crippen molar-refractivity contribution in [2.45, 2.75) is 38.1 Å². The van der Waals surface area contributed by atoms with Gasteiger partial charge < -0.3 is 10.1 Å². The molecule has 1 heterocycles. The quantitative estimate of drug-likeness (QED) is 0.599. The Morgan fingerprint density at radius 3 is 2.39 bits per heavy atom. The number of ether oxygens (including phenoxy) is 1. The first-order chi connectivity index (χ1) is 13.4. The summed E-state index contributed by atoms with van der Waals surface area (Å²) in [6.07, 6.45) is 0. The van der Waals surface area contributed by atoms with E-state index in [9.17, 15) is 4.79 Å². The Labute approximate surface area is 169 Å². The summed E-state index contributed by atoms with van der Waals surface area (Å²) in [5, 5.41) is 10.4. The second-order valence-corrected chi connectivity index (χ2v) is 8.03.